The molecule has 1 rings (SSSR count). The van der Waals surface area contributed by atoms with Crippen molar-refractivity contribution >= 4 is 5.91 Å². The maximum Gasteiger partial charge on any atom is 0.224 e. The molecule has 0 bridgehead atoms. The highest BCUT2D eigenvalue weighted by Crippen LogP contribution is 2.36. The van der Waals surface area contributed by atoms with Gasteiger partial charge in [-0.1, -0.05) is 27.2 Å². The van der Waals surface area contributed by atoms with Crippen LogP contribution in [0.15, 0.2) is 0 Å². The molecule has 0 aromatic rings. The van der Waals surface area contributed by atoms with Crippen LogP contribution in [0.2, 0.25) is 0 Å². The Labute approximate surface area is 112 Å². The Morgan fingerprint density at radius 1 is 1.39 bits per heavy atom. The van der Waals surface area contributed by atoms with Gasteiger partial charge < -0.3 is 10.6 Å². The molecule has 0 aliphatic heterocycles. The van der Waals surface area contributed by atoms with Gasteiger partial charge in [-0.3, -0.25) is 4.79 Å². The summed E-state index contributed by atoms with van der Waals surface area (Å²) in [5.41, 5.74) is 6.41. The topological polar surface area (TPSA) is 46.3 Å². The zero-order valence-corrected chi connectivity index (χ0v) is 12.5. The molecule has 3 nitrogen and oxygen atoms in total. The van der Waals surface area contributed by atoms with Crippen LogP contribution in [-0.4, -0.2) is 29.9 Å². The van der Waals surface area contributed by atoms with Crippen LogP contribution in [0.25, 0.3) is 0 Å². The summed E-state index contributed by atoms with van der Waals surface area (Å²) in [6.07, 6.45) is 7.21. The molecule has 1 saturated carbocycles. The number of rotatable bonds is 5. The Morgan fingerprint density at radius 3 is 2.44 bits per heavy atom. The monoisotopic (exact) mass is 254 g/mol. The van der Waals surface area contributed by atoms with E-state index in [1.165, 1.54) is 12.8 Å². The molecule has 18 heavy (non-hydrogen) atoms. The zero-order valence-electron chi connectivity index (χ0n) is 12.5. The zero-order chi connectivity index (χ0) is 13.8. The molecular formula is C15H30N2O. The summed E-state index contributed by atoms with van der Waals surface area (Å²) in [6.45, 7) is 6.75. The Kier molecular flexibility index (Phi) is 5.64. The lowest BCUT2D eigenvalue weighted by molar-refractivity contribution is -0.133. The summed E-state index contributed by atoms with van der Waals surface area (Å²) in [6, 6.07) is 0.462. The highest BCUT2D eigenvalue weighted by Gasteiger charge is 2.30. The number of hydrogen-bond acceptors (Lipinski definition) is 2. The van der Waals surface area contributed by atoms with Gasteiger partial charge in [0.25, 0.3) is 0 Å². The molecule has 1 fully saturated rings. The minimum absolute atomic E-state index is 0.0324. The predicted molar refractivity (Wildman–Crippen MR) is 76.3 cm³/mol. The van der Waals surface area contributed by atoms with Gasteiger partial charge in [0.05, 0.1) is 0 Å². The molecule has 0 saturated heterocycles. The predicted octanol–water partition coefficient (Wildman–Crippen LogP) is 2.93. The van der Waals surface area contributed by atoms with Crippen molar-refractivity contribution in [1.29, 1.82) is 0 Å². The highest BCUT2D eigenvalue weighted by atomic mass is 16.2. The van der Waals surface area contributed by atoms with E-state index in [4.69, 9.17) is 5.73 Å². The molecule has 1 unspecified atom stereocenters. The maximum absolute atomic E-state index is 12.1. The minimum atomic E-state index is 0.0324. The third-order valence-electron chi connectivity index (χ3n) is 4.35. The molecule has 0 aromatic carbocycles. The third-order valence-corrected chi connectivity index (χ3v) is 4.35. The summed E-state index contributed by atoms with van der Waals surface area (Å²) in [7, 11) is 1.95. The van der Waals surface area contributed by atoms with E-state index in [2.05, 4.69) is 20.8 Å². The molecule has 106 valence electrons. The van der Waals surface area contributed by atoms with Crippen LogP contribution in [-0.2, 0) is 4.79 Å². The van der Waals surface area contributed by atoms with Crippen molar-refractivity contribution in [3.63, 3.8) is 0 Å². The van der Waals surface area contributed by atoms with Crippen molar-refractivity contribution in [2.75, 3.05) is 7.05 Å². The fraction of sp³-hybridized carbons (Fsp3) is 0.933. The number of carbonyl (C=O) groups excluding carboxylic acids is 1. The van der Waals surface area contributed by atoms with Gasteiger partial charge in [0.2, 0.25) is 5.91 Å². The van der Waals surface area contributed by atoms with E-state index in [1.54, 1.807) is 0 Å². The lowest BCUT2D eigenvalue weighted by Gasteiger charge is -2.38. The lowest BCUT2D eigenvalue weighted by Crippen LogP contribution is -2.42. The molecule has 0 aromatic heterocycles. The van der Waals surface area contributed by atoms with E-state index in [-0.39, 0.29) is 11.9 Å². The van der Waals surface area contributed by atoms with Crippen molar-refractivity contribution in [3.05, 3.63) is 0 Å². The van der Waals surface area contributed by atoms with Crippen LogP contribution in [0, 0.1) is 5.41 Å². The number of carbonyl (C=O) groups is 1. The summed E-state index contributed by atoms with van der Waals surface area (Å²) in [5.74, 6) is 0.223. The molecule has 3 heteroatoms. The summed E-state index contributed by atoms with van der Waals surface area (Å²) < 4.78 is 0. The smallest absolute Gasteiger partial charge is 0.224 e. The van der Waals surface area contributed by atoms with Gasteiger partial charge in [-0.05, 0) is 37.5 Å². The first kappa shape index (κ1) is 15.5. The standard InChI is InChI=1S/C15H30N2O/c1-5-6-12(16)11-14(18)17(4)13-7-9-15(2,3)10-8-13/h12-13H,5-11,16H2,1-4H3. The molecule has 0 spiro atoms. The summed E-state index contributed by atoms with van der Waals surface area (Å²) in [5, 5.41) is 0. The quantitative estimate of drug-likeness (QED) is 0.820. The van der Waals surface area contributed by atoms with Gasteiger partial charge in [-0.2, -0.15) is 0 Å². The maximum atomic E-state index is 12.1. The average Bonchev–Trinajstić information content (AvgIpc) is 2.28. The van der Waals surface area contributed by atoms with Crippen LogP contribution in [0.5, 0.6) is 0 Å². The Hall–Kier alpha value is -0.570. The normalized spacial score (nSPS) is 21.6. The van der Waals surface area contributed by atoms with Crippen molar-refractivity contribution in [1.82, 2.24) is 4.90 Å². The van der Waals surface area contributed by atoms with E-state index in [9.17, 15) is 4.79 Å². The van der Waals surface area contributed by atoms with Gasteiger partial charge >= 0.3 is 0 Å². The second kappa shape index (κ2) is 6.55. The number of nitrogens with two attached hydrogens (primary N) is 1. The van der Waals surface area contributed by atoms with Crippen LogP contribution in [0.3, 0.4) is 0 Å². The molecule has 1 amide bonds. The molecular weight excluding hydrogens is 224 g/mol. The van der Waals surface area contributed by atoms with Crippen molar-refractivity contribution in [3.8, 4) is 0 Å². The molecule has 1 atom stereocenters. The van der Waals surface area contributed by atoms with E-state index in [0.717, 1.165) is 25.7 Å². The van der Waals surface area contributed by atoms with Crippen LogP contribution in [0.1, 0.15) is 65.7 Å². The molecule has 1 aliphatic rings. The molecule has 2 N–H and O–H groups in total. The van der Waals surface area contributed by atoms with E-state index in [0.29, 0.717) is 17.9 Å². The molecule has 0 radical (unpaired) electrons. The molecule has 0 heterocycles. The van der Waals surface area contributed by atoms with Gasteiger partial charge in [0.15, 0.2) is 0 Å². The van der Waals surface area contributed by atoms with E-state index in [1.807, 2.05) is 11.9 Å². The highest BCUT2D eigenvalue weighted by molar-refractivity contribution is 5.76. The summed E-state index contributed by atoms with van der Waals surface area (Å²) >= 11 is 0. The van der Waals surface area contributed by atoms with Crippen molar-refractivity contribution in [2.24, 2.45) is 11.1 Å². The Balaban J connectivity index is 2.40. The van der Waals surface area contributed by atoms with Crippen molar-refractivity contribution in [2.45, 2.75) is 77.8 Å². The fourth-order valence-electron chi connectivity index (χ4n) is 2.82. The van der Waals surface area contributed by atoms with Gasteiger partial charge in [0, 0.05) is 25.6 Å². The van der Waals surface area contributed by atoms with Gasteiger partial charge in [0.1, 0.15) is 0 Å². The van der Waals surface area contributed by atoms with Gasteiger partial charge in [-0.15, -0.1) is 0 Å². The van der Waals surface area contributed by atoms with Gasteiger partial charge in [-0.25, -0.2) is 0 Å². The first-order valence-corrected chi connectivity index (χ1v) is 7.37. The Bertz CT molecular complexity index is 266. The van der Waals surface area contributed by atoms with E-state index >= 15 is 0 Å². The Morgan fingerprint density at radius 2 is 1.94 bits per heavy atom. The third kappa shape index (κ3) is 4.60. The van der Waals surface area contributed by atoms with Crippen molar-refractivity contribution < 1.29 is 4.79 Å². The minimum Gasteiger partial charge on any atom is -0.343 e. The second-order valence-electron chi connectivity index (χ2n) is 6.65. The number of nitrogens with zero attached hydrogens (tertiary/aromatic N) is 1. The number of amides is 1. The van der Waals surface area contributed by atoms with E-state index < -0.39 is 0 Å². The largest absolute Gasteiger partial charge is 0.343 e. The lowest BCUT2D eigenvalue weighted by atomic mass is 9.75. The first-order valence-electron chi connectivity index (χ1n) is 7.37. The number of hydrogen-bond donors (Lipinski definition) is 1. The fourth-order valence-corrected chi connectivity index (χ4v) is 2.82. The van der Waals surface area contributed by atoms with Crippen LogP contribution >= 0.6 is 0 Å². The van der Waals surface area contributed by atoms with Crippen LogP contribution in [0.4, 0.5) is 0 Å². The SMILES string of the molecule is CCCC(N)CC(=O)N(C)C1CCC(C)(C)CC1. The average molecular weight is 254 g/mol. The first-order chi connectivity index (χ1) is 8.35. The second-order valence-corrected chi connectivity index (χ2v) is 6.65. The van der Waals surface area contributed by atoms with Crippen LogP contribution < -0.4 is 5.73 Å². The molecule has 1 aliphatic carbocycles. The summed E-state index contributed by atoms with van der Waals surface area (Å²) in [4.78, 5) is 14.1.